The van der Waals surface area contributed by atoms with Crippen molar-refractivity contribution in [3.8, 4) is 5.75 Å². The lowest BCUT2D eigenvalue weighted by molar-refractivity contribution is -0.126. The summed E-state index contributed by atoms with van der Waals surface area (Å²) in [6, 6.07) is 2.96. The Morgan fingerprint density at radius 2 is 1.83 bits per heavy atom. The molecule has 0 heterocycles. The molecular formula is C26H30N2O8. The maximum absolute atomic E-state index is 13.5. The molecular weight excluding hydrogens is 468 g/mol. The number of aliphatic hydroxyl groups is 2. The fourth-order valence-electron chi connectivity index (χ4n) is 5.37. The number of phenolic OH excluding ortho intramolecular Hbond substituents is 1. The summed E-state index contributed by atoms with van der Waals surface area (Å²) < 4.78 is 5.22. The molecule has 1 aromatic carbocycles. The van der Waals surface area contributed by atoms with Gasteiger partial charge in [-0.25, -0.2) is 4.79 Å². The van der Waals surface area contributed by atoms with Gasteiger partial charge in [0.15, 0.2) is 11.6 Å². The summed E-state index contributed by atoms with van der Waals surface area (Å²) in [7, 11) is 0. The molecule has 10 nitrogen and oxygen atoms in total. The minimum atomic E-state index is -1.16. The SMILES string of the molecule is CC(C)(C)COC(=O)NCc1ccc(O)c2c1C[C@H]1C[C@H]3CC(O)=C(C(N)=O)C(=O)C3C(O)=C1C2=O. The van der Waals surface area contributed by atoms with Gasteiger partial charge in [-0.15, -0.1) is 0 Å². The summed E-state index contributed by atoms with van der Waals surface area (Å²) in [6.45, 7) is 6.08. The second-order valence-corrected chi connectivity index (χ2v) is 10.8. The Bertz CT molecular complexity index is 1240. The van der Waals surface area contributed by atoms with E-state index in [1.54, 1.807) is 6.07 Å². The number of primary amides is 1. The van der Waals surface area contributed by atoms with E-state index in [1.165, 1.54) is 6.07 Å². The topological polar surface area (TPSA) is 176 Å². The van der Waals surface area contributed by atoms with E-state index in [-0.39, 0.29) is 48.3 Å². The van der Waals surface area contributed by atoms with Crippen LogP contribution in [-0.2, 0) is 27.3 Å². The van der Waals surface area contributed by atoms with E-state index in [0.29, 0.717) is 17.5 Å². The Hall–Kier alpha value is -3.82. The van der Waals surface area contributed by atoms with Gasteiger partial charge in [-0.05, 0) is 47.3 Å². The second-order valence-electron chi connectivity index (χ2n) is 10.8. The van der Waals surface area contributed by atoms with Gasteiger partial charge in [-0.3, -0.25) is 14.4 Å². The molecule has 3 aliphatic carbocycles. The Morgan fingerprint density at radius 3 is 2.47 bits per heavy atom. The van der Waals surface area contributed by atoms with Crippen LogP contribution in [0, 0.1) is 23.2 Å². The molecule has 0 fully saturated rings. The van der Waals surface area contributed by atoms with E-state index in [0.717, 1.165) is 0 Å². The monoisotopic (exact) mass is 498 g/mol. The van der Waals surface area contributed by atoms with Crippen molar-refractivity contribution >= 4 is 23.6 Å². The molecule has 3 aliphatic rings. The van der Waals surface area contributed by atoms with Gasteiger partial charge < -0.3 is 31.1 Å². The zero-order chi connectivity index (χ0) is 26.5. The maximum atomic E-state index is 13.5. The van der Waals surface area contributed by atoms with Crippen LogP contribution in [0.25, 0.3) is 0 Å². The Labute approximate surface area is 207 Å². The van der Waals surface area contributed by atoms with Crippen molar-refractivity contribution in [2.45, 2.75) is 46.6 Å². The second kappa shape index (κ2) is 9.00. The summed E-state index contributed by atoms with van der Waals surface area (Å²) in [5.41, 5.74) is 5.67. The molecule has 192 valence electrons. The smallest absolute Gasteiger partial charge is 0.407 e. The standard InChI is InChI=1S/C26H30N2O8/c1-26(2,3)10-36-25(35)28-9-11-4-5-15(29)19-14(11)7-12-6-13-8-16(30)20(24(27)34)23(33)18(13)21(31)17(12)22(19)32/h4-5,12-13,18,29-31H,6-10H2,1-3H3,(H2,27,34)(H,28,35)/t12-,13+,18?/m1/s1. The summed E-state index contributed by atoms with van der Waals surface area (Å²) >= 11 is 0. The van der Waals surface area contributed by atoms with Gasteiger partial charge in [0.25, 0.3) is 5.91 Å². The maximum Gasteiger partial charge on any atom is 0.407 e. The predicted molar refractivity (Wildman–Crippen MR) is 127 cm³/mol. The zero-order valence-corrected chi connectivity index (χ0v) is 20.4. The van der Waals surface area contributed by atoms with E-state index >= 15 is 0 Å². The van der Waals surface area contributed by atoms with Gasteiger partial charge >= 0.3 is 6.09 Å². The van der Waals surface area contributed by atoms with E-state index in [2.05, 4.69) is 5.32 Å². The molecule has 0 bridgehead atoms. The normalized spacial score (nSPS) is 23.6. The molecule has 0 saturated carbocycles. The fourth-order valence-corrected chi connectivity index (χ4v) is 5.37. The highest BCUT2D eigenvalue weighted by Crippen LogP contribution is 2.49. The summed E-state index contributed by atoms with van der Waals surface area (Å²) in [5, 5.41) is 34.5. The highest BCUT2D eigenvalue weighted by atomic mass is 16.5. The molecule has 36 heavy (non-hydrogen) atoms. The fraction of sp³-hybridized carbons (Fsp3) is 0.462. The molecule has 0 aliphatic heterocycles. The highest BCUT2D eigenvalue weighted by Gasteiger charge is 2.50. The van der Waals surface area contributed by atoms with Crippen LogP contribution in [0.4, 0.5) is 4.79 Å². The molecule has 0 aromatic heterocycles. The number of fused-ring (bicyclic) bond motifs is 3. The van der Waals surface area contributed by atoms with Gasteiger partial charge in [0.1, 0.15) is 22.8 Å². The van der Waals surface area contributed by atoms with Crippen molar-refractivity contribution in [3.05, 3.63) is 51.5 Å². The summed E-state index contributed by atoms with van der Waals surface area (Å²) in [6.07, 6.45) is -0.0703. The number of nitrogens with one attached hydrogen (secondary N) is 1. The van der Waals surface area contributed by atoms with Crippen molar-refractivity contribution in [3.63, 3.8) is 0 Å². The highest BCUT2D eigenvalue weighted by molar-refractivity contribution is 6.22. The predicted octanol–water partition coefficient (Wildman–Crippen LogP) is 2.74. The lowest BCUT2D eigenvalue weighted by Crippen LogP contribution is -2.43. The number of phenols is 1. The first-order valence-electron chi connectivity index (χ1n) is 11.8. The van der Waals surface area contributed by atoms with Gasteiger partial charge in [0.2, 0.25) is 0 Å². The average Bonchev–Trinajstić information content (AvgIpc) is 2.75. The number of carbonyl (C=O) groups excluding carboxylic acids is 4. The first-order valence-corrected chi connectivity index (χ1v) is 11.8. The van der Waals surface area contributed by atoms with Crippen LogP contribution in [-0.4, -0.2) is 45.5 Å². The molecule has 4 rings (SSSR count). The van der Waals surface area contributed by atoms with E-state index in [4.69, 9.17) is 10.5 Å². The molecule has 3 atom stereocenters. The molecule has 0 saturated heterocycles. The number of ketones is 2. The first kappa shape index (κ1) is 25.3. The lowest BCUT2D eigenvalue weighted by Gasteiger charge is -2.41. The lowest BCUT2D eigenvalue weighted by atomic mass is 9.62. The number of benzene rings is 1. The number of amides is 2. The number of ether oxygens (including phenoxy) is 1. The van der Waals surface area contributed by atoms with E-state index in [1.807, 2.05) is 20.8 Å². The van der Waals surface area contributed by atoms with Crippen LogP contribution in [0.15, 0.2) is 34.8 Å². The summed E-state index contributed by atoms with van der Waals surface area (Å²) in [5.74, 6) is -5.81. The van der Waals surface area contributed by atoms with Gasteiger partial charge in [0.05, 0.1) is 18.1 Å². The third kappa shape index (κ3) is 4.43. The number of hydrogen-bond acceptors (Lipinski definition) is 8. The number of hydrogen-bond donors (Lipinski definition) is 5. The van der Waals surface area contributed by atoms with Crippen molar-refractivity contribution < 1.29 is 39.2 Å². The van der Waals surface area contributed by atoms with Gasteiger partial charge in [0, 0.05) is 18.5 Å². The molecule has 6 N–H and O–H groups in total. The number of nitrogens with two attached hydrogens (primary N) is 1. The Kier molecular flexibility index (Phi) is 6.32. The molecule has 1 unspecified atom stereocenters. The van der Waals surface area contributed by atoms with Crippen LogP contribution in [0.5, 0.6) is 5.75 Å². The number of allylic oxidation sites excluding steroid dienone is 3. The van der Waals surface area contributed by atoms with Crippen molar-refractivity contribution in [1.82, 2.24) is 5.32 Å². The third-order valence-electron chi connectivity index (χ3n) is 6.93. The number of carbonyl (C=O) groups is 4. The third-order valence-corrected chi connectivity index (χ3v) is 6.93. The number of Topliss-reactive ketones (excluding diaryl/α,β-unsaturated/α-hetero) is 2. The minimum Gasteiger partial charge on any atom is -0.511 e. The first-order chi connectivity index (χ1) is 16.8. The van der Waals surface area contributed by atoms with Gasteiger partial charge in [-0.2, -0.15) is 0 Å². The Balaban J connectivity index is 1.65. The summed E-state index contributed by atoms with van der Waals surface area (Å²) in [4.78, 5) is 50.2. The van der Waals surface area contributed by atoms with Crippen LogP contribution < -0.4 is 11.1 Å². The van der Waals surface area contributed by atoms with Crippen LogP contribution in [0.2, 0.25) is 0 Å². The molecule has 0 radical (unpaired) electrons. The average molecular weight is 499 g/mol. The quantitative estimate of drug-likeness (QED) is 0.394. The molecule has 10 heteroatoms. The number of alkyl carbamates (subject to hydrolysis) is 1. The zero-order valence-electron chi connectivity index (χ0n) is 20.4. The molecule has 1 aromatic rings. The number of aliphatic hydroxyl groups excluding tert-OH is 2. The van der Waals surface area contributed by atoms with Gasteiger partial charge in [-0.1, -0.05) is 26.8 Å². The van der Waals surface area contributed by atoms with Crippen LogP contribution in [0.3, 0.4) is 0 Å². The minimum absolute atomic E-state index is 0.00498. The van der Waals surface area contributed by atoms with Crippen LogP contribution >= 0.6 is 0 Å². The van der Waals surface area contributed by atoms with Crippen molar-refractivity contribution in [2.24, 2.45) is 28.9 Å². The van der Waals surface area contributed by atoms with E-state index < -0.39 is 58.4 Å². The number of rotatable bonds is 4. The Morgan fingerprint density at radius 1 is 1.14 bits per heavy atom. The largest absolute Gasteiger partial charge is 0.511 e. The van der Waals surface area contributed by atoms with Crippen molar-refractivity contribution in [1.29, 1.82) is 0 Å². The van der Waals surface area contributed by atoms with Crippen LogP contribution in [0.1, 0.15) is 55.1 Å². The molecule has 0 spiro atoms. The van der Waals surface area contributed by atoms with Crippen molar-refractivity contribution in [2.75, 3.05) is 6.61 Å². The number of aromatic hydroxyl groups is 1. The van der Waals surface area contributed by atoms with E-state index in [9.17, 15) is 34.5 Å². The molecule has 2 amide bonds.